The zero-order valence-electron chi connectivity index (χ0n) is 6.89. The highest BCUT2D eigenvalue weighted by Crippen LogP contribution is 2.22. The highest BCUT2D eigenvalue weighted by molar-refractivity contribution is 5.07. The lowest BCUT2D eigenvalue weighted by Crippen LogP contribution is -2.30. The van der Waals surface area contributed by atoms with Crippen molar-refractivity contribution < 1.29 is 18.3 Å². The summed E-state index contributed by atoms with van der Waals surface area (Å²) in [7, 11) is 0. The smallest absolute Gasteiger partial charge is 0.383 e. The quantitative estimate of drug-likeness (QED) is 0.742. The molecule has 0 saturated heterocycles. The summed E-state index contributed by atoms with van der Waals surface area (Å²) in [5.41, 5.74) is 0.881. The molecular weight excluding hydrogens is 185 g/mol. The Balaban J connectivity index is 2.60. The fraction of sp³-hybridized carbons (Fsp3) is 0.571. The number of halogens is 3. The topological polar surface area (TPSA) is 48.9 Å². The highest BCUT2D eigenvalue weighted by Gasteiger charge is 2.38. The predicted molar refractivity (Wildman–Crippen MR) is 39.1 cm³/mol. The maximum absolute atomic E-state index is 11.9. The van der Waals surface area contributed by atoms with E-state index in [0.717, 1.165) is 0 Å². The molecule has 0 radical (unpaired) electrons. The number of aryl methyl sites for hydroxylation is 1. The number of hydrogen-bond acceptors (Lipinski definition) is 2. The van der Waals surface area contributed by atoms with Crippen LogP contribution >= 0.6 is 0 Å². The van der Waals surface area contributed by atoms with Crippen molar-refractivity contribution in [2.75, 3.05) is 0 Å². The van der Waals surface area contributed by atoms with Crippen LogP contribution in [0.4, 0.5) is 13.2 Å². The van der Waals surface area contributed by atoms with E-state index < -0.39 is 18.7 Å². The first-order valence-corrected chi connectivity index (χ1v) is 3.65. The SMILES string of the molecule is Cc1cc(CC(O)C(F)(F)F)n[nH]1. The summed E-state index contributed by atoms with van der Waals surface area (Å²) in [5.74, 6) is 0. The fourth-order valence-electron chi connectivity index (χ4n) is 0.893. The fourth-order valence-corrected chi connectivity index (χ4v) is 0.893. The third-order valence-electron chi connectivity index (χ3n) is 1.54. The maximum Gasteiger partial charge on any atom is 0.414 e. The molecule has 0 amide bonds. The van der Waals surface area contributed by atoms with Crippen LogP contribution in [0.25, 0.3) is 0 Å². The van der Waals surface area contributed by atoms with Crippen LogP contribution in [0.5, 0.6) is 0 Å². The van der Waals surface area contributed by atoms with Gasteiger partial charge in [-0.1, -0.05) is 0 Å². The molecule has 0 fully saturated rings. The molecule has 0 aromatic carbocycles. The van der Waals surface area contributed by atoms with Crippen molar-refractivity contribution in [1.29, 1.82) is 0 Å². The van der Waals surface area contributed by atoms with Gasteiger partial charge in [0.15, 0.2) is 6.10 Å². The molecule has 3 nitrogen and oxygen atoms in total. The minimum atomic E-state index is -4.58. The normalized spacial score (nSPS) is 14.5. The number of aliphatic hydroxyl groups excluding tert-OH is 1. The molecule has 0 saturated carbocycles. The van der Waals surface area contributed by atoms with Crippen LogP contribution in [0.2, 0.25) is 0 Å². The van der Waals surface area contributed by atoms with E-state index >= 15 is 0 Å². The first-order chi connectivity index (χ1) is 5.89. The zero-order valence-corrected chi connectivity index (χ0v) is 6.89. The largest absolute Gasteiger partial charge is 0.414 e. The van der Waals surface area contributed by atoms with Crippen molar-refractivity contribution in [1.82, 2.24) is 10.2 Å². The lowest BCUT2D eigenvalue weighted by molar-refractivity contribution is -0.203. The molecule has 0 bridgehead atoms. The summed E-state index contributed by atoms with van der Waals surface area (Å²) in [6.07, 6.45) is -7.42. The highest BCUT2D eigenvalue weighted by atomic mass is 19.4. The van der Waals surface area contributed by atoms with Crippen molar-refractivity contribution in [3.63, 3.8) is 0 Å². The molecule has 0 aliphatic heterocycles. The molecule has 0 spiro atoms. The van der Waals surface area contributed by atoms with Gasteiger partial charge in [0.1, 0.15) is 0 Å². The molecule has 6 heteroatoms. The molecular formula is C7H9F3N2O. The summed E-state index contributed by atoms with van der Waals surface area (Å²) in [5, 5.41) is 14.8. The van der Waals surface area contributed by atoms with Gasteiger partial charge in [0, 0.05) is 12.1 Å². The third-order valence-corrected chi connectivity index (χ3v) is 1.54. The molecule has 0 aliphatic rings. The Bertz CT molecular complexity index is 282. The monoisotopic (exact) mass is 194 g/mol. The number of rotatable bonds is 2. The minimum absolute atomic E-state index is 0.210. The van der Waals surface area contributed by atoms with Gasteiger partial charge in [-0.3, -0.25) is 5.10 Å². The molecule has 1 heterocycles. The Hall–Kier alpha value is -1.04. The van der Waals surface area contributed by atoms with Crippen LogP contribution in [0.1, 0.15) is 11.4 Å². The Labute approximate surface area is 72.6 Å². The van der Waals surface area contributed by atoms with Gasteiger partial charge in [-0.2, -0.15) is 18.3 Å². The maximum atomic E-state index is 11.9. The van der Waals surface area contributed by atoms with Crippen LogP contribution in [0, 0.1) is 6.92 Å². The van der Waals surface area contributed by atoms with Gasteiger partial charge in [0.05, 0.1) is 5.69 Å². The van der Waals surface area contributed by atoms with Gasteiger partial charge in [0.2, 0.25) is 0 Å². The first kappa shape index (κ1) is 10.0. The van der Waals surface area contributed by atoms with Crippen molar-refractivity contribution in [2.24, 2.45) is 0 Å². The van der Waals surface area contributed by atoms with Crippen LogP contribution in [-0.2, 0) is 6.42 Å². The molecule has 13 heavy (non-hydrogen) atoms. The van der Waals surface area contributed by atoms with Gasteiger partial charge in [-0.15, -0.1) is 0 Å². The third kappa shape index (κ3) is 2.73. The summed E-state index contributed by atoms with van der Waals surface area (Å²) in [4.78, 5) is 0. The Kier molecular flexibility index (Phi) is 2.60. The molecule has 74 valence electrons. The molecule has 1 rings (SSSR count). The van der Waals surface area contributed by atoms with E-state index in [4.69, 9.17) is 5.11 Å². The number of nitrogens with one attached hydrogen (secondary N) is 1. The van der Waals surface area contributed by atoms with Gasteiger partial charge in [0.25, 0.3) is 0 Å². The van der Waals surface area contributed by atoms with E-state index in [2.05, 4.69) is 10.2 Å². The number of alkyl halides is 3. The van der Waals surface area contributed by atoms with Crippen molar-refractivity contribution in [2.45, 2.75) is 25.6 Å². The second kappa shape index (κ2) is 3.37. The summed E-state index contributed by atoms with van der Waals surface area (Å²) in [6.45, 7) is 1.68. The summed E-state index contributed by atoms with van der Waals surface area (Å²) in [6, 6.07) is 1.47. The van der Waals surface area contributed by atoms with Crippen molar-refractivity contribution >= 4 is 0 Å². The standard InChI is InChI=1S/C7H9F3N2O/c1-4-2-5(12-11-4)3-6(13)7(8,9)10/h2,6,13H,3H2,1H3,(H,11,12). The van der Waals surface area contributed by atoms with Crippen LogP contribution in [0.3, 0.4) is 0 Å². The Morgan fingerprint density at radius 3 is 2.62 bits per heavy atom. The van der Waals surface area contributed by atoms with Crippen LogP contribution < -0.4 is 0 Å². The van der Waals surface area contributed by atoms with Crippen molar-refractivity contribution in [3.05, 3.63) is 17.5 Å². The molecule has 1 aromatic rings. The van der Waals surface area contributed by atoms with E-state index in [1.54, 1.807) is 6.92 Å². The summed E-state index contributed by atoms with van der Waals surface area (Å²) >= 11 is 0. The number of aromatic nitrogens is 2. The van der Waals surface area contributed by atoms with E-state index in [-0.39, 0.29) is 5.69 Å². The average Bonchev–Trinajstić information content (AvgIpc) is 2.33. The van der Waals surface area contributed by atoms with Gasteiger partial charge < -0.3 is 5.11 Å². The Morgan fingerprint density at radius 1 is 1.62 bits per heavy atom. The second-order valence-electron chi connectivity index (χ2n) is 2.80. The lowest BCUT2D eigenvalue weighted by atomic mass is 10.2. The van der Waals surface area contributed by atoms with Crippen LogP contribution in [0.15, 0.2) is 6.07 Å². The molecule has 1 atom stereocenters. The Morgan fingerprint density at radius 2 is 2.23 bits per heavy atom. The molecule has 2 N–H and O–H groups in total. The zero-order chi connectivity index (χ0) is 10.1. The van der Waals surface area contributed by atoms with E-state index in [1.165, 1.54) is 6.07 Å². The van der Waals surface area contributed by atoms with E-state index in [0.29, 0.717) is 5.69 Å². The molecule has 1 unspecified atom stereocenters. The van der Waals surface area contributed by atoms with Gasteiger partial charge in [-0.05, 0) is 13.0 Å². The van der Waals surface area contributed by atoms with Crippen LogP contribution in [-0.4, -0.2) is 27.6 Å². The summed E-state index contributed by atoms with van der Waals surface area (Å²) < 4.78 is 35.6. The first-order valence-electron chi connectivity index (χ1n) is 3.65. The number of aromatic amines is 1. The number of hydrogen-bond donors (Lipinski definition) is 2. The predicted octanol–water partition coefficient (Wildman–Crippen LogP) is 1.18. The van der Waals surface area contributed by atoms with Crippen molar-refractivity contribution in [3.8, 4) is 0 Å². The number of H-pyrrole nitrogens is 1. The molecule has 0 aliphatic carbocycles. The van der Waals surface area contributed by atoms with Gasteiger partial charge in [-0.25, -0.2) is 0 Å². The van der Waals surface area contributed by atoms with E-state index in [9.17, 15) is 13.2 Å². The lowest BCUT2D eigenvalue weighted by Gasteiger charge is -2.12. The number of nitrogens with zero attached hydrogens (tertiary/aromatic N) is 1. The minimum Gasteiger partial charge on any atom is -0.383 e. The second-order valence-corrected chi connectivity index (χ2v) is 2.80. The number of aliphatic hydroxyl groups is 1. The van der Waals surface area contributed by atoms with E-state index in [1.807, 2.05) is 0 Å². The average molecular weight is 194 g/mol. The molecule has 1 aromatic heterocycles. The van der Waals surface area contributed by atoms with Gasteiger partial charge >= 0.3 is 6.18 Å².